The number of nitrogens with zero attached hydrogens (tertiary/aromatic N) is 5. The molecule has 0 amide bonds. The summed E-state index contributed by atoms with van der Waals surface area (Å²) < 4.78 is 0. The van der Waals surface area contributed by atoms with E-state index < -0.39 is 0 Å². The van der Waals surface area contributed by atoms with Crippen LogP contribution in [0.1, 0.15) is 104 Å². The molecule has 0 unspecified atom stereocenters. The predicted molar refractivity (Wildman–Crippen MR) is 175 cm³/mol. The van der Waals surface area contributed by atoms with Crippen LogP contribution in [-0.2, 0) is 6.42 Å². The first-order chi connectivity index (χ1) is 18.8. The number of nitrogens with one attached hydrogen (secondary N) is 1. The van der Waals surface area contributed by atoms with E-state index in [0.29, 0.717) is 6.04 Å². The van der Waals surface area contributed by atoms with Crippen molar-refractivity contribution in [1.29, 1.82) is 0 Å². The molecule has 1 aromatic heterocycles. The van der Waals surface area contributed by atoms with E-state index >= 15 is 0 Å². The van der Waals surface area contributed by atoms with Crippen molar-refractivity contribution in [2.45, 2.75) is 112 Å². The fourth-order valence-electron chi connectivity index (χ4n) is 4.78. The van der Waals surface area contributed by atoms with E-state index in [1.54, 1.807) is 0 Å². The molecule has 1 N–H and O–H groups in total. The third-order valence-corrected chi connectivity index (χ3v) is 7.39. The van der Waals surface area contributed by atoms with Gasteiger partial charge in [-0.05, 0) is 109 Å². The van der Waals surface area contributed by atoms with Crippen molar-refractivity contribution in [3.05, 3.63) is 23.3 Å². The zero-order valence-corrected chi connectivity index (χ0v) is 27.4. The molecule has 6 heteroatoms. The molecule has 0 radical (unpaired) electrons. The lowest BCUT2D eigenvalue weighted by Crippen LogP contribution is -2.37. The summed E-state index contributed by atoms with van der Waals surface area (Å²) in [6, 6.07) is 5.06. The standard InChI is InChI=1S/C25H41N5.C6H15N.C2H6/c1-6-9-13-30(14-10-7-2)25-27-23-17-19(4)20(8-3)18-22(23)24(28-25)26-21-11-15-29(5)16-12-21;1-4-5-6-7(2)3;1-2/h17-18,21H,6-16H2,1-5H3,(H,26,27,28);4-6H2,1-3H3;1-2H3. The van der Waals surface area contributed by atoms with Crippen LogP contribution in [-0.4, -0.2) is 79.7 Å². The van der Waals surface area contributed by atoms with Gasteiger partial charge >= 0.3 is 0 Å². The summed E-state index contributed by atoms with van der Waals surface area (Å²) in [6.45, 7) is 20.7. The highest BCUT2D eigenvalue weighted by molar-refractivity contribution is 5.91. The zero-order valence-electron chi connectivity index (χ0n) is 27.4. The summed E-state index contributed by atoms with van der Waals surface area (Å²) in [5.41, 5.74) is 3.79. The first kappa shape index (κ1) is 35.1. The van der Waals surface area contributed by atoms with Gasteiger partial charge in [-0.1, -0.05) is 60.8 Å². The molecule has 224 valence electrons. The molecular weight excluding hydrogens is 480 g/mol. The number of rotatable bonds is 13. The maximum absolute atomic E-state index is 5.12. The average Bonchev–Trinajstić information content (AvgIpc) is 2.94. The van der Waals surface area contributed by atoms with Gasteiger partial charge in [0, 0.05) is 24.5 Å². The molecule has 1 saturated heterocycles. The summed E-state index contributed by atoms with van der Waals surface area (Å²) in [5, 5.41) is 4.99. The highest BCUT2D eigenvalue weighted by Gasteiger charge is 2.20. The van der Waals surface area contributed by atoms with E-state index in [9.17, 15) is 0 Å². The maximum Gasteiger partial charge on any atom is 0.227 e. The van der Waals surface area contributed by atoms with Crippen molar-refractivity contribution in [3.8, 4) is 0 Å². The number of hydrogen-bond donors (Lipinski definition) is 1. The van der Waals surface area contributed by atoms with Gasteiger partial charge in [-0.3, -0.25) is 0 Å². The number of aryl methyl sites for hydroxylation is 2. The zero-order chi connectivity index (χ0) is 29.2. The fraction of sp³-hybridized carbons (Fsp3) is 0.758. The SMILES string of the molecule is CC.CCCCN(C)C.CCCCN(CCCC)c1nc(NC2CCN(C)CC2)c2cc(CC)c(C)cc2n1. The fourth-order valence-corrected chi connectivity index (χ4v) is 4.78. The second-order valence-corrected chi connectivity index (χ2v) is 11.1. The van der Waals surface area contributed by atoms with Crippen LogP contribution in [0.15, 0.2) is 12.1 Å². The van der Waals surface area contributed by atoms with Crippen LogP contribution >= 0.6 is 0 Å². The Morgan fingerprint density at radius 2 is 1.44 bits per heavy atom. The predicted octanol–water partition coefficient (Wildman–Crippen LogP) is 7.79. The van der Waals surface area contributed by atoms with Crippen molar-refractivity contribution >= 4 is 22.7 Å². The molecule has 6 nitrogen and oxygen atoms in total. The molecule has 3 rings (SSSR count). The molecule has 1 aromatic carbocycles. The summed E-state index contributed by atoms with van der Waals surface area (Å²) in [6.07, 6.45) is 10.7. The minimum atomic E-state index is 0.485. The molecule has 1 aliphatic heterocycles. The molecule has 0 aliphatic carbocycles. The Balaban J connectivity index is 0.000000735. The molecule has 1 fully saturated rings. The van der Waals surface area contributed by atoms with Crippen LogP contribution in [0, 0.1) is 6.92 Å². The van der Waals surface area contributed by atoms with E-state index in [1.807, 2.05) is 13.8 Å². The van der Waals surface area contributed by atoms with Gasteiger partial charge in [0.15, 0.2) is 0 Å². The lowest BCUT2D eigenvalue weighted by atomic mass is 10.0. The van der Waals surface area contributed by atoms with Gasteiger partial charge in [-0.2, -0.15) is 4.98 Å². The minimum absolute atomic E-state index is 0.485. The maximum atomic E-state index is 5.12. The smallest absolute Gasteiger partial charge is 0.227 e. The average molecular weight is 543 g/mol. The van der Waals surface area contributed by atoms with E-state index in [1.165, 1.54) is 74.4 Å². The summed E-state index contributed by atoms with van der Waals surface area (Å²) in [5.74, 6) is 1.92. The Morgan fingerprint density at radius 1 is 0.872 bits per heavy atom. The second kappa shape index (κ2) is 20.0. The van der Waals surface area contributed by atoms with Crippen LogP contribution in [0.4, 0.5) is 11.8 Å². The monoisotopic (exact) mass is 543 g/mol. The number of likely N-dealkylation sites (tertiary alicyclic amines) is 1. The summed E-state index contributed by atoms with van der Waals surface area (Å²) in [4.78, 5) is 17.2. The van der Waals surface area contributed by atoms with Gasteiger partial charge in [0.05, 0.1) is 5.52 Å². The van der Waals surface area contributed by atoms with Gasteiger partial charge in [0.25, 0.3) is 0 Å². The van der Waals surface area contributed by atoms with Crippen molar-refractivity contribution in [1.82, 2.24) is 19.8 Å². The Kier molecular flexibility index (Phi) is 18.0. The molecule has 0 spiro atoms. The van der Waals surface area contributed by atoms with Crippen molar-refractivity contribution in [2.24, 2.45) is 0 Å². The van der Waals surface area contributed by atoms with Gasteiger partial charge in [0.2, 0.25) is 5.95 Å². The molecule has 2 heterocycles. The van der Waals surface area contributed by atoms with E-state index in [-0.39, 0.29) is 0 Å². The summed E-state index contributed by atoms with van der Waals surface area (Å²) >= 11 is 0. The minimum Gasteiger partial charge on any atom is -0.367 e. The quantitative estimate of drug-likeness (QED) is 0.279. The van der Waals surface area contributed by atoms with Gasteiger partial charge < -0.3 is 20.0 Å². The van der Waals surface area contributed by atoms with Crippen LogP contribution in [0.2, 0.25) is 0 Å². The van der Waals surface area contributed by atoms with Crippen molar-refractivity contribution in [2.75, 3.05) is 64.1 Å². The highest BCUT2D eigenvalue weighted by Crippen LogP contribution is 2.29. The molecule has 39 heavy (non-hydrogen) atoms. The molecule has 2 aromatic rings. The Hall–Kier alpha value is -1.92. The highest BCUT2D eigenvalue weighted by atomic mass is 15.3. The Bertz CT molecular complexity index is 897. The van der Waals surface area contributed by atoms with E-state index in [4.69, 9.17) is 9.97 Å². The van der Waals surface area contributed by atoms with E-state index in [2.05, 4.69) is 87.9 Å². The summed E-state index contributed by atoms with van der Waals surface area (Å²) in [7, 11) is 6.43. The van der Waals surface area contributed by atoms with Crippen LogP contribution in [0.5, 0.6) is 0 Å². The van der Waals surface area contributed by atoms with Crippen molar-refractivity contribution < 1.29 is 0 Å². The Labute approximate surface area is 242 Å². The third-order valence-electron chi connectivity index (χ3n) is 7.39. The van der Waals surface area contributed by atoms with Crippen LogP contribution < -0.4 is 10.2 Å². The van der Waals surface area contributed by atoms with Crippen LogP contribution in [0.25, 0.3) is 10.9 Å². The van der Waals surface area contributed by atoms with Gasteiger partial charge in [0.1, 0.15) is 5.82 Å². The van der Waals surface area contributed by atoms with Gasteiger partial charge in [-0.25, -0.2) is 4.98 Å². The second-order valence-electron chi connectivity index (χ2n) is 11.1. The molecule has 0 saturated carbocycles. The number of fused-ring (bicyclic) bond motifs is 1. The number of hydrogen-bond acceptors (Lipinski definition) is 6. The molecule has 0 atom stereocenters. The first-order valence-corrected chi connectivity index (χ1v) is 16.0. The number of aromatic nitrogens is 2. The largest absolute Gasteiger partial charge is 0.367 e. The molecule has 1 aliphatic rings. The Morgan fingerprint density at radius 3 is 1.92 bits per heavy atom. The van der Waals surface area contributed by atoms with Gasteiger partial charge in [-0.15, -0.1) is 0 Å². The number of piperidine rings is 1. The topological polar surface area (TPSA) is 47.5 Å². The third kappa shape index (κ3) is 12.4. The molecule has 0 bridgehead atoms. The molecular formula is C33H62N6. The normalized spacial score (nSPS) is 14.0. The lowest BCUT2D eigenvalue weighted by Gasteiger charge is -2.30. The number of benzene rings is 1. The lowest BCUT2D eigenvalue weighted by molar-refractivity contribution is 0.264. The van der Waals surface area contributed by atoms with E-state index in [0.717, 1.165) is 49.9 Å². The first-order valence-electron chi connectivity index (χ1n) is 16.0. The van der Waals surface area contributed by atoms with Crippen molar-refractivity contribution in [3.63, 3.8) is 0 Å². The number of anilines is 2. The van der Waals surface area contributed by atoms with Crippen LogP contribution in [0.3, 0.4) is 0 Å². The number of unbranched alkanes of at least 4 members (excludes halogenated alkanes) is 3.